The second kappa shape index (κ2) is 9.68. The zero-order valence-corrected chi connectivity index (χ0v) is 20.3. The number of amides is 2. The van der Waals surface area contributed by atoms with Crippen LogP contribution in [0.2, 0.25) is 5.02 Å². The van der Waals surface area contributed by atoms with Gasteiger partial charge in [0.25, 0.3) is 5.91 Å². The Morgan fingerprint density at radius 2 is 1.94 bits per heavy atom. The number of halogens is 1. The van der Waals surface area contributed by atoms with Crippen LogP contribution in [0.25, 0.3) is 0 Å². The quantitative estimate of drug-likeness (QED) is 0.582. The highest BCUT2D eigenvalue weighted by molar-refractivity contribution is 7.99. The molecule has 1 saturated heterocycles. The van der Waals surface area contributed by atoms with Crippen LogP contribution in [-0.4, -0.2) is 58.5 Å². The fourth-order valence-electron chi connectivity index (χ4n) is 4.28. The minimum absolute atomic E-state index is 0.0394. The molecule has 2 amide bonds. The van der Waals surface area contributed by atoms with Gasteiger partial charge in [0.05, 0.1) is 22.9 Å². The van der Waals surface area contributed by atoms with Crippen molar-refractivity contribution in [3.63, 3.8) is 0 Å². The van der Waals surface area contributed by atoms with Crippen molar-refractivity contribution in [2.75, 3.05) is 35.7 Å². The van der Waals surface area contributed by atoms with Gasteiger partial charge >= 0.3 is 0 Å². The lowest BCUT2D eigenvalue weighted by molar-refractivity contribution is -0.119. The maximum atomic E-state index is 13.2. The van der Waals surface area contributed by atoms with Crippen LogP contribution in [0.5, 0.6) is 0 Å². The predicted octanol–water partition coefficient (Wildman–Crippen LogP) is 3.45. The molecule has 1 fully saturated rings. The molecule has 2 aliphatic heterocycles. The van der Waals surface area contributed by atoms with E-state index in [9.17, 15) is 9.59 Å². The molecule has 176 valence electrons. The molecule has 5 rings (SSSR count). The average molecular weight is 497 g/mol. The van der Waals surface area contributed by atoms with Crippen molar-refractivity contribution in [1.29, 1.82) is 0 Å². The summed E-state index contributed by atoms with van der Waals surface area (Å²) in [6.07, 6.45) is 3.83. The largest absolute Gasteiger partial charge is 0.370 e. The zero-order valence-electron chi connectivity index (χ0n) is 18.8. The van der Waals surface area contributed by atoms with Crippen molar-refractivity contribution in [2.24, 2.45) is 0 Å². The number of fused-ring (bicyclic) bond motifs is 1. The lowest BCUT2D eigenvalue weighted by Gasteiger charge is -2.24. The van der Waals surface area contributed by atoms with E-state index in [0.717, 1.165) is 47.8 Å². The molecule has 2 aromatic carbocycles. The average Bonchev–Trinajstić information content (AvgIpc) is 3.52. The highest BCUT2D eigenvalue weighted by Gasteiger charge is 2.32. The van der Waals surface area contributed by atoms with Crippen molar-refractivity contribution < 1.29 is 9.59 Å². The molecule has 0 bridgehead atoms. The van der Waals surface area contributed by atoms with Gasteiger partial charge in [-0.3, -0.25) is 9.59 Å². The fourth-order valence-corrected chi connectivity index (χ4v) is 5.67. The van der Waals surface area contributed by atoms with Crippen molar-refractivity contribution in [3.05, 3.63) is 65.2 Å². The number of nitrogens with zero attached hydrogens (tertiary/aromatic N) is 5. The molecule has 1 aromatic heterocycles. The molecule has 3 aromatic rings. The molecular weight excluding hydrogens is 472 g/mol. The molecule has 34 heavy (non-hydrogen) atoms. The highest BCUT2D eigenvalue weighted by atomic mass is 35.5. The third-order valence-electron chi connectivity index (χ3n) is 6.10. The second-order valence-corrected chi connectivity index (χ2v) is 9.92. The SMILES string of the molecule is CN1C(=O)[C@@H](NC(=O)c2ncn(Cc3ccccc3)n2)CSc2cc(N3CCCC3)c(Cl)cc21. The Hall–Kier alpha value is -3.04. The van der Waals surface area contributed by atoms with Crippen molar-refractivity contribution in [2.45, 2.75) is 30.3 Å². The first-order valence-electron chi connectivity index (χ1n) is 11.2. The molecule has 3 heterocycles. The Morgan fingerprint density at radius 3 is 2.71 bits per heavy atom. The third kappa shape index (κ3) is 4.63. The van der Waals surface area contributed by atoms with E-state index in [1.807, 2.05) is 36.4 Å². The molecule has 0 aliphatic carbocycles. The van der Waals surface area contributed by atoms with E-state index in [2.05, 4.69) is 26.4 Å². The standard InChI is InChI=1S/C24H25ClN6O2S/c1-29-20-11-17(25)19(30-9-5-6-10-30)12-21(20)34-14-18(24(29)33)27-23(32)22-26-15-31(28-22)13-16-7-3-2-4-8-16/h2-4,7-8,11-12,15,18H,5-6,9-10,13-14H2,1H3,(H,27,32)/t18-/m0/s1. The number of thioether (sulfide) groups is 1. The predicted molar refractivity (Wildman–Crippen MR) is 134 cm³/mol. The summed E-state index contributed by atoms with van der Waals surface area (Å²) < 4.78 is 1.61. The lowest BCUT2D eigenvalue weighted by Crippen LogP contribution is -2.48. The Kier molecular flexibility index (Phi) is 6.47. The van der Waals surface area contributed by atoms with E-state index >= 15 is 0 Å². The lowest BCUT2D eigenvalue weighted by atomic mass is 10.2. The van der Waals surface area contributed by atoms with Gasteiger partial charge in [0.2, 0.25) is 11.7 Å². The summed E-state index contributed by atoms with van der Waals surface area (Å²) in [5.41, 5.74) is 2.81. The number of hydrogen-bond donors (Lipinski definition) is 1. The van der Waals surface area contributed by atoms with Crippen LogP contribution in [0, 0.1) is 0 Å². The smallest absolute Gasteiger partial charge is 0.291 e. The topological polar surface area (TPSA) is 83.4 Å². The molecule has 8 nitrogen and oxygen atoms in total. The summed E-state index contributed by atoms with van der Waals surface area (Å²) in [7, 11) is 1.71. The van der Waals surface area contributed by atoms with Gasteiger partial charge < -0.3 is 15.1 Å². The summed E-state index contributed by atoms with van der Waals surface area (Å²) >= 11 is 8.13. The van der Waals surface area contributed by atoms with E-state index in [1.165, 1.54) is 6.33 Å². The first kappa shape index (κ1) is 22.7. The molecule has 0 unspecified atom stereocenters. The molecular formula is C24H25ClN6O2S. The number of likely N-dealkylation sites (N-methyl/N-ethyl adjacent to an activating group) is 1. The maximum Gasteiger partial charge on any atom is 0.291 e. The normalized spacial score (nSPS) is 18.1. The molecule has 1 atom stereocenters. The Morgan fingerprint density at radius 1 is 1.18 bits per heavy atom. The summed E-state index contributed by atoms with van der Waals surface area (Å²) in [5, 5.41) is 7.74. The number of nitrogens with one attached hydrogen (secondary N) is 1. The van der Waals surface area contributed by atoms with E-state index in [4.69, 9.17) is 11.6 Å². The number of hydrogen-bond acceptors (Lipinski definition) is 6. The van der Waals surface area contributed by atoms with E-state index in [-0.39, 0.29) is 11.7 Å². The van der Waals surface area contributed by atoms with Gasteiger partial charge in [-0.25, -0.2) is 9.67 Å². The van der Waals surface area contributed by atoms with Gasteiger partial charge in [-0.05, 0) is 30.5 Å². The highest BCUT2D eigenvalue weighted by Crippen LogP contribution is 2.41. The number of anilines is 2. The fraction of sp³-hybridized carbons (Fsp3) is 0.333. The van der Waals surface area contributed by atoms with Gasteiger partial charge in [-0.1, -0.05) is 41.9 Å². The number of carbonyl (C=O) groups excluding carboxylic acids is 2. The summed E-state index contributed by atoms with van der Waals surface area (Å²) in [6, 6.07) is 13.0. The van der Waals surface area contributed by atoms with Crippen molar-refractivity contribution in [3.8, 4) is 0 Å². The molecule has 1 N–H and O–H groups in total. The van der Waals surface area contributed by atoms with Crippen LogP contribution >= 0.6 is 23.4 Å². The number of rotatable bonds is 5. The van der Waals surface area contributed by atoms with Gasteiger partial charge in [-0.15, -0.1) is 16.9 Å². The maximum absolute atomic E-state index is 13.2. The Labute approximate surface area is 207 Å². The van der Waals surface area contributed by atoms with Gasteiger partial charge in [-0.2, -0.15) is 0 Å². The summed E-state index contributed by atoms with van der Waals surface area (Å²) in [6.45, 7) is 2.48. The van der Waals surface area contributed by atoms with Crippen LogP contribution in [0.15, 0.2) is 53.7 Å². The van der Waals surface area contributed by atoms with Crippen LogP contribution < -0.4 is 15.1 Å². The Balaban J connectivity index is 1.29. The second-order valence-electron chi connectivity index (χ2n) is 8.45. The van der Waals surface area contributed by atoms with Gasteiger partial charge in [0, 0.05) is 30.8 Å². The van der Waals surface area contributed by atoms with Gasteiger partial charge in [0.15, 0.2) is 0 Å². The number of benzene rings is 2. The van der Waals surface area contributed by atoms with Crippen LogP contribution in [0.3, 0.4) is 0 Å². The van der Waals surface area contributed by atoms with Crippen LogP contribution in [0.4, 0.5) is 11.4 Å². The molecule has 2 aliphatic rings. The Bertz CT molecular complexity index is 1210. The van der Waals surface area contributed by atoms with Crippen molar-refractivity contribution in [1.82, 2.24) is 20.1 Å². The van der Waals surface area contributed by atoms with Gasteiger partial charge in [0.1, 0.15) is 12.4 Å². The minimum atomic E-state index is -0.704. The monoisotopic (exact) mass is 496 g/mol. The summed E-state index contributed by atoms with van der Waals surface area (Å²) in [5.74, 6) is -0.222. The van der Waals surface area contributed by atoms with Crippen LogP contribution in [0.1, 0.15) is 29.0 Å². The molecule has 0 radical (unpaired) electrons. The van der Waals surface area contributed by atoms with E-state index in [0.29, 0.717) is 17.3 Å². The van der Waals surface area contributed by atoms with E-state index < -0.39 is 11.9 Å². The first-order chi connectivity index (χ1) is 16.5. The third-order valence-corrected chi connectivity index (χ3v) is 7.54. The van der Waals surface area contributed by atoms with E-state index in [1.54, 1.807) is 28.4 Å². The molecule has 0 spiro atoms. The summed E-state index contributed by atoms with van der Waals surface area (Å²) in [4.78, 5) is 35.0. The molecule has 10 heteroatoms. The first-order valence-corrected chi connectivity index (χ1v) is 12.6. The molecule has 0 saturated carbocycles. The zero-order chi connectivity index (χ0) is 23.7. The number of carbonyl (C=O) groups is 2. The van der Waals surface area contributed by atoms with Crippen LogP contribution in [-0.2, 0) is 11.3 Å². The minimum Gasteiger partial charge on any atom is -0.370 e. The number of aromatic nitrogens is 3. The van der Waals surface area contributed by atoms with Crippen molar-refractivity contribution >= 4 is 46.6 Å².